The smallest absolute Gasteiger partial charge is 0.305 e. The standard InChI is InChI=1S/C25H25NO3/c27-25(28)17-22-10-6-16-26(22)21-12-14-23(15-13-21)29-18-20-9-4-5-11-24(20)19-7-2-1-3-8-19/h1-5,7-9,11-15,22H,6,10,16-18H2,(H,27,28). The second-order valence-electron chi connectivity index (χ2n) is 7.39. The highest BCUT2D eigenvalue weighted by atomic mass is 16.5. The molecule has 0 spiro atoms. The van der Waals surface area contributed by atoms with Crippen LogP contribution in [-0.4, -0.2) is 23.7 Å². The minimum Gasteiger partial charge on any atom is -0.489 e. The summed E-state index contributed by atoms with van der Waals surface area (Å²) < 4.78 is 6.05. The summed E-state index contributed by atoms with van der Waals surface area (Å²) in [5.74, 6) is 0.0736. The first-order valence-electron chi connectivity index (χ1n) is 10.1. The first-order valence-corrected chi connectivity index (χ1v) is 10.1. The lowest BCUT2D eigenvalue weighted by Gasteiger charge is -2.25. The Morgan fingerprint density at radius 3 is 2.45 bits per heavy atom. The van der Waals surface area contributed by atoms with E-state index in [9.17, 15) is 4.79 Å². The molecule has 4 rings (SSSR count). The third kappa shape index (κ3) is 4.60. The van der Waals surface area contributed by atoms with E-state index in [1.807, 2.05) is 54.6 Å². The number of carbonyl (C=O) groups is 1. The van der Waals surface area contributed by atoms with Gasteiger partial charge in [0.15, 0.2) is 0 Å². The molecular formula is C25H25NO3. The van der Waals surface area contributed by atoms with Crippen molar-refractivity contribution in [3.05, 3.63) is 84.4 Å². The average molecular weight is 387 g/mol. The summed E-state index contributed by atoms with van der Waals surface area (Å²) in [4.78, 5) is 13.3. The van der Waals surface area contributed by atoms with E-state index in [-0.39, 0.29) is 12.5 Å². The first kappa shape index (κ1) is 19.1. The quantitative estimate of drug-likeness (QED) is 0.592. The minimum atomic E-state index is -0.737. The van der Waals surface area contributed by atoms with Gasteiger partial charge in [-0.1, -0.05) is 54.6 Å². The number of hydrogen-bond acceptors (Lipinski definition) is 3. The Bertz CT molecular complexity index is 953. The minimum absolute atomic E-state index is 0.0806. The van der Waals surface area contributed by atoms with Gasteiger partial charge in [-0.25, -0.2) is 0 Å². The number of nitrogens with zero attached hydrogens (tertiary/aromatic N) is 1. The van der Waals surface area contributed by atoms with Gasteiger partial charge in [-0.3, -0.25) is 4.79 Å². The van der Waals surface area contributed by atoms with Crippen LogP contribution in [0.15, 0.2) is 78.9 Å². The van der Waals surface area contributed by atoms with Crippen LogP contribution in [-0.2, 0) is 11.4 Å². The van der Waals surface area contributed by atoms with Gasteiger partial charge in [-0.15, -0.1) is 0 Å². The number of benzene rings is 3. The molecule has 4 nitrogen and oxygen atoms in total. The lowest BCUT2D eigenvalue weighted by Crippen LogP contribution is -2.31. The lowest BCUT2D eigenvalue weighted by atomic mass is 10.0. The van der Waals surface area contributed by atoms with Crippen LogP contribution in [0.1, 0.15) is 24.8 Å². The molecule has 1 heterocycles. The fraction of sp³-hybridized carbons (Fsp3) is 0.240. The van der Waals surface area contributed by atoms with Crippen molar-refractivity contribution < 1.29 is 14.6 Å². The SMILES string of the molecule is O=C(O)CC1CCCN1c1ccc(OCc2ccccc2-c2ccccc2)cc1. The van der Waals surface area contributed by atoms with Crippen molar-refractivity contribution >= 4 is 11.7 Å². The van der Waals surface area contributed by atoms with Gasteiger partial charge in [0.1, 0.15) is 12.4 Å². The molecule has 1 aliphatic rings. The van der Waals surface area contributed by atoms with E-state index >= 15 is 0 Å². The van der Waals surface area contributed by atoms with E-state index in [2.05, 4.69) is 29.2 Å². The van der Waals surface area contributed by atoms with Gasteiger partial charge < -0.3 is 14.7 Å². The van der Waals surface area contributed by atoms with Gasteiger partial charge in [0.25, 0.3) is 0 Å². The van der Waals surface area contributed by atoms with Gasteiger partial charge in [-0.2, -0.15) is 0 Å². The predicted molar refractivity (Wildman–Crippen MR) is 115 cm³/mol. The monoisotopic (exact) mass is 387 g/mol. The number of rotatable bonds is 7. The molecular weight excluding hydrogens is 362 g/mol. The van der Waals surface area contributed by atoms with Crippen LogP contribution >= 0.6 is 0 Å². The van der Waals surface area contributed by atoms with Crippen molar-refractivity contribution in [3.63, 3.8) is 0 Å². The van der Waals surface area contributed by atoms with Crippen molar-refractivity contribution in [1.82, 2.24) is 0 Å². The number of carboxylic acid groups (broad SMARTS) is 1. The maximum atomic E-state index is 11.1. The Kier molecular flexibility index (Phi) is 5.80. The van der Waals surface area contributed by atoms with Crippen LogP contribution in [0.5, 0.6) is 5.75 Å². The molecule has 3 aromatic carbocycles. The maximum Gasteiger partial charge on any atom is 0.305 e. The fourth-order valence-corrected chi connectivity index (χ4v) is 4.03. The average Bonchev–Trinajstić information content (AvgIpc) is 3.21. The van der Waals surface area contributed by atoms with Crippen LogP contribution in [0.25, 0.3) is 11.1 Å². The number of hydrogen-bond donors (Lipinski definition) is 1. The highest BCUT2D eigenvalue weighted by molar-refractivity contribution is 5.69. The Balaban J connectivity index is 1.44. The van der Waals surface area contributed by atoms with Crippen LogP contribution in [0.3, 0.4) is 0 Å². The number of carboxylic acids is 1. The molecule has 148 valence electrons. The van der Waals surface area contributed by atoms with E-state index in [4.69, 9.17) is 9.84 Å². The van der Waals surface area contributed by atoms with Gasteiger partial charge in [0.05, 0.1) is 6.42 Å². The van der Waals surface area contributed by atoms with Crippen molar-refractivity contribution in [3.8, 4) is 16.9 Å². The highest BCUT2D eigenvalue weighted by Crippen LogP contribution is 2.30. The predicted octanol–water partition coefficient (Wildman–Crippen LogP) is 5.38. The second kappa shape index (κ2) is 8.82. The second-order valence-corrected chi connectivity index (χ2v) is 7.39. The summed E-state index contributed by atoms with van der Waals surface area (Å²) in [5.41, 5.74) is 4.56. The molecule has 0 bridgehead atoms. The number of ether oxygens (including phenoxy) is 1. The van der Waals surface area contributed by atoms with Gasteiger partial charge in [-0.05, 0) is 53.8 Å². The Hall–Kier alpha value is -3.27. The van der Waals surface area contributed by atoms with Crippen molar-refractivity contribution in [2.24, 2.45) is 0 Å². The zero-order chi connectivity index (χ0) is 20.1. The van der Waals surface area contributed by atoms with Gasteiger partial charge in [0.2, 0.25) is 0 Å². The summed E-state index contributed by atoms with van der Waals surface area (Å²) >= 11 is 0. The first-order chi connectivity index (χ1) is 14.2. The lowest BCUT2D eigenvalue weighted by molar-refractivity contribution is -0.137. The molecule has 1 unspecified atom stereocenters. The highest BCUT2D eigenvalue weighted by Gasteiger charge is 2.26. The van der Waals surface area contributed by atoms with Crippen LogP contribution in [0.4, 0.5) is 5.69 Å². The molecule has 0 radical (unpaired) electrons. The van der Waals surface area contributed by atoms with E-state index in [1.54, 1.807) is 0 Å². The number of aliphatic carboxylic acids is 1. The molecule has 0 saturated carbocycles. The zero-order valence-electron chi connectivity index (χ0n) is 16.3. The van der Waals surface area contributed by atoms with Crippen LogP contribution < -0.4 is 9.64 Å². The van der Waals surface area contributed by atoms with Crippen molar-refractivity contribution in [2.75, 3.05) is 11.4 Å². The topological polar surface area (TPSA) is 49.8 Å². The van der Waals surface area contributed by atoms with E-state index in [0.29, 0.717) is 6.61 Å². The molecule has 0 aromatic heterocycles. The van der Waals surface area contributed by atoms with E-state index in [1.165, 1.54) is 11.1 Å². The molecule has 0 amide bonds. The third-order valence-corrected chi connectivity index (χ3v) is 5.45. The number of anilines is 1. The van der Waals surface area contributed by atoms with Gasteiger partial charge >= 0.3 is 5.97 Å². The van der Waals surface area contributed by atoms with Crippen molar-refractivity contribution in [1.29, 1.82) is 0 Å². The Morgan fingerprint density at radius 2 is 1.69 bits per heavy atom. The molecule has 0 aliphatic carbocycles. The summed E-state index contributed by atoms with van der Waals surface area (Å²) in [7, 11) is 0. The van der Waals surface area contributed by atoms with Crippen LogP contribution in [0.2, 0.25) is 0 Å². The van der Waals surface area contributed by atoms with E-state index in [0.717, 1.165) is 36.4 Å². The van der Waals surface area contributed by atoms with E-state index < -0.39 is 5.97 Å². The third-order valence-electron chi connectivity index (χ3n) is 5.45. The maximum absolute atomic E-state index is 11.1. The summed E-state index contributed by atoms with van der Waals surface area (Å²) in [5, 5.41) is 9.12. The fourth-order valence-electron chi connectivity index (χ4n) is 4.03. The molecule has 1 fully saturated rings. The summed E-state index contributed by atoms with van der Waals surface area (Å²) in [6.45, 7) is 1.40. The Morgan fingerprint density at radius 1 is 0.966 bits per heavy atom. The molecule has 1 aliphatic heterocycles. The summed E-state index contributed by atoms with van der Waals surface area (Å²) in [6.07, 6.45) is 2.15. The van der Waals surface area contributed by atoms with Crippen molar-refractivity contribution in [2.45, 2.75) is 31.9 Å². The summed E-state index contributed by atoms with van der Waals surface area (Å²) in [6, 6.07) is 26.7. The normalized spacial score (nSPS) is 16.0. The molecule has 1 saturated heterocycles. The molecule has 4 heteroatoms. The molecule has 3 aromatic rings. The van der Waals surface area contributed by atoms with Crippen LogP contribution in [0, 0.1) is 0 Å². The van der Waals surface area contributed by atoms with Gasteiger partial charge in [0, 0.05) is 18.3 Å². The Labute approximate surface area is 171 Å². The molecule has 1 atom stereocenters. The largest absolute Gasteiger partial charge is 0.489 e. The molecule has 1 N–H and O–H groups in total. The zero-order valence-corrected chi connectivity index (χ0v) is 16.3. The molecule has 29 heavy (non-hydrogen) atoms.